The minimum Gasteiger partial charge on any atom is -0.349 e. The molecule has 1 aromatic rings. The highest BCUT2D eigenvalue weighted by Crippen LogP contribution is 2.52. The highest BCUT2D eigenvalue weighted by molar-refractivity contribution is 6.17. The number of aliphatic imine (C=N–C) groups is 1. The van der Waals surface area contributed by atoms with Gasteiger partial charge in [-0.15, -0.1) is 0 Å². The third kappa shape index (κ3) is 4.65. The molecule has 0 aromatic carbocycles. The maximum atomic E-state index is 14.9. The summed E-state index contributed by atoms with van der Waals surface area (Å²) in [6.45, 7) is 3.62. The Bertz CT molecular complexity index is 1460. The molecule has 6 rings (SSSR count). The number of amides is 3. The van der Waals surface area contributed by atoms with Crippen LogP contribution in [-0.4, -0.2) is 51.6 Å². The van der Waals surface area contributed by atoms with Crippen molar-refractivity contribution in [2.45, 2.75) is 88.6 Å². The molecule has 0 radical (unpaired) electrons. The first-order valence-corrected chi connectivity index (χ1v) is 14.6. The van der Waals surface area contributed by atoms with Crippen molar-refractivity contribution in [3.05, 3.63) is 70.7 Å². The van der Waals surface area contributed by atoms with Crippen LogP contribution in [0.15, 0.2) is 70.2 Å². The number of nitrogens with zero attached hydrogens (tertiary/aromatic N) is 3. The van der Waals surface area contributed by atoms with Crippen molar-refractivity contribution in [1.29, 1.82) is 0 Å². The molecule has 3 aliphatic carbocycles. The number of allylic oxidation sites excluding steroid dienone is 6. The third-order valence-electron chi connectivity index (χ3n) is 9.16. The summed E-state index contributed by atoms with van der Waals surface area (Å²) >= 11 is 0. The number of amidine groups is 1. The monoisotopic (exact) mass is 557 g/mol. The summed E-state index contributed by atoms with van der Waals surface area (Å²) in [4.78, 5) is 50.7. The molecule has 2 saturated carbocycles. The molecule has 3 heterocycles. The van der Waals surface area contributed by atoms with E-state index in [4.69, 9.17) is 4.99 Å². The minimum atomic E-state index is -0.887. The summed E-state index contributed by atoms with van der Waals surface area (Å²) in [7, 11) is 0. The molecule has 3 amide bonds. The number of aromatic nitrogens is 1. The van der Waals surface area contributed by atoms with E-state index in [0.717, 1.165) is 36.0 Å². The summed E-state index contributed by atoms with van der Waals surface area (Å²) < 4.78 is 14.9. The predicted molar refractivity (Wildman–Crippen MR) is 155 cm³/mol. The van der Waals surface area contributed by atoms with Gasteiger partial charge in [0.05, 0.1) is 5.41 Å². The Morgan fingerprint density at radius 3 is 2.68 bits per heavy atom. The molecule has 2 fully saturated rings. The summed E-state index contributed by atoms with van der Waals surface area (Å²) in [5, 5.41) is 5.93. The van der Waals surface area contributed by atoms with Crippen LogP contribution in [0, 0.1) is 0 Å². The van der Waals surface area contributed by atoms with Gasteiger partial charge in [0.25, 0.3) is 5.91 Å². The highest BCUT2D eigenvalue weighted by Gasteiger charge is 2.52. The van der Waals surface area contributed by atoms with E-state index in [-0.39, 0.29) is 42.6 Å². The molecule has 2 unspecified atom stereocenters. The van der Waals surface area contributed by atoms with Crippen molar-refractivity contribution < 1.29 is 18.8 Å². The number of pyridine rings is 1. The number of fused-ring (bicyclic) bond motifs is 2. The molecule has 5 aliphatic rings. The van der Waals surface area contributed by atoms with Gasteiger partial charge < -0.3 is 10.6 Å². The van der Waals surface area contributed by atoms with E-state index < -0.39 is 11.0 Å². The Balaban J connectivity index is 1.20. The van der Waals surface area contributed by atoms with Crippen molar-refractivity contribution in [2.24, 2.45) is 4.99 Å². The number of hydrogen-bond donors (Lipinski definition) is 2. The van der Waals surface area contributed by atoms with E-state index in [1.54, 1.807) is 12.3 Å². The second-order valence-electron chi connectivity index (χ2n) is 11.8. The number of nitrogens with one attached hydrogen (secondary N) is 2. The highest BCUT2D eigenvalue weighted by atomic mass is 19.1. The SMILES string of the molecule is CC=C1CC2(CC1=CC(C)NC(=O)CN1C(=O)C3(CCCCC3)N=C1C1=C(F)CC=CC1)C(=O)Nc1ncccc12. The van der Waals surface area contributed by atoms with Crippen molar-refractivity contribution in [2.75, 3.05) is 11.9 Å². The summed E-state index contributed by atoms with van der Waals surface area (Å²) in [6, 6.07) is 3.45. The molecular weight excluding hydrogens is 521 g/mol. The van der Waals surface area contributed by atoms with Gasteiger partial charge in [-0.05, 0) is 63.2 Å². The van der Waals surface area contributed by atoms with Crippen LogP contribution in [0.3, 0.4) is 0 Å². The minimum absolute atomic E-state index is 0.0549. The number of hydrogen-bond acceptors (Lipinski definition) is 5. The Morgan fingerprint density at radius 2 is 1.93 bits per heavy atom. The second-order valence-corrected chi connectivity index (χ2v) is 11.8. The van der Waals surface area contributed by atoms with E-state index in [0.29, 0.717) is 49.3 Å². The van der Waals surface area contributed by atoms with Crippen molar-refractivity contribution in [3.8, 4) is 0 Å². The van der Waals surface area contributed by atoms with Crippen molar-refractivity contribution >= 4 is 29.4 Å². The van der Waals surface area contributed by atoms with Crippen LogP contribution in [0.1, 0.15) is 77.2 Å². The maximum absolute atomic E-state index is 14.9. The zero-order valence-corrected chi connectivity index (χ0v) is 23.6. The quantitative estimate of drug-likeness (QED) is 0.500. The van der Waals surface area contributed by atoms with Gasteiger partial charge in [0.2, 0.25) is 11.8 Å². The molecule has 9 heteroatoms. The van der Waals surface area contributed by atoms with Gasteiger partial charge in [-0.3, -0.25) is 24.3 Å². The maximum Gasteiger partial charge on any atom is 0.256 e. The predicted octanol–water partition coefficient (Wildman–Crippen LogP) is 4.96. The lowest BCUT2D eigenvalue weighted by Crippen LogP contribution is -2.48. The largest absolute Gasteiger partial charge is 0.349 e. The van der Waals surface area contributed by atoms with Gasteiger partial charge in [0, 0.05) is 29.8 Å². The Kier molecular flexibility index (Phi) is 6.99. The van der Waals surface area contributed by atoms with Gasteiger partial charge in [0.15, 0.2) is 0 Å². The lowest BCUT2D eigenvalue weighted by molar-refractivity contribution is -0.135. The van der Waals surface area contributed by atoms with Gasteiger partial charge in [0.1, 0.15) is 29.6 Å². The van der Waals surface area contributed by atoms with Gasteiger partial charge in [-0.25, -0.2) is 9.37 Å². The van der Waals surface area contributed by atoms with Crippen LogP contribution in [0.5, 0.6) is 0 Å². The van der Waals surface area contributed by atoms with E-state index in [1.807, 2.05) is 44.2 Å². The fourth-order valence-corrected chi connectivity index (χ4v) is 7.10. The number of anilines is 1. The average molecular weight is 558 g/mol. The molecular formula is C32H36FN5O3. The van der Waals surface area contributed by atoms with Gasteiger partial charge in [-0.1, -0.05) is 49.6 Å². The number of rotatable bonds is 5. The molecule has 41 heavy (non-hydrogen) atoms. The van der Waals surface area contributed by atoms with Crippen LogP contribution in [0.4, 0.5) is 10.2 Å². The molecule has 2 atom stereocenters. The smallest absolute Gasteiger partial charge is 0.256 e. The Labute approximate surface area is 239 Å². The zero-order chi connectivity index (χ0) is 28.8. The van der Waals surface area contributed by atoms with Gasteiger partial charge in [-0.2, -0.15) is 0 Å². The Hall–Kier alpha value is -3.88. The summed E-state index contributed by atoms with van der Waals surface area (Å²) in [5.74, 6) is 0.0421. The first-order valence-electron chi connectivity index (χ1n) is 14.6. The van der Waals surface area contributed by atoms with Crippen LogP contribution in [0.25, 0.3) is 0 Å². The lowest BCUT2D eigenvalue weighted by atomic mass is 9.80. The van der Waals surface area contributed by atoms with Crippen molar-refractivity contribution in [1.82, 2.24) is 15.2 Å². The summed E-state index contributed by atoms with van der Waals surface area (Å²) in [6.07, 6.45) is 15.0. The molecule has 214 valence electrons. The van der Waals surface area contributed by atoms with Crippen LogP contribution in [0.2, 0.25) is 0 Å². The van der Waals surface area contributed by atoms with Crippen LogP contribution >= 0.6 is 0 Å². The van der Waals surface area contributed by atoms with E-state index in [1.165, 1.54) is 4.90 Å². The second kappa shape index (κ2) is 10.5. The number of carbonyl (C=O) groups is 3. The molecule has 0 saturated heterocycles. The van der Waals surface area contributed by atoms with Crippen LogP contribution < -0.4 is 10.6 Å². The van der Waals surface area contributed by atoms with E-state index in [9.17, 15) is 18.8 Å². The van der Waals surface area contributed by atoms with Gasteiger partial charge >= 0.3 is 0 Å². The molecule has 2 aliphatic heterocycles. The first kappa shape index (κ1) is 27.3. The third-order valence-corrected chi connectivity index (χ3v) is 9.16. The van der Waals surface area contributed by atoms with E-state index in [2.05, 4.69) is 15.6 Å². The molecule has 2 spiro atoms. The Morgan fingerprint density at radius 1 is 1.17 bits per heavy atom. The summed E-state index contributed by atoms with van der Waals surface area (Å²) in [5.41, 5.74) is 1.80. The standard InChI is InChI=1S/C32H36FN5O3/c1-3-21-17-31(24-11-9-15-34-27(24)36-29(31)40)18-22(21)16-20(2)35-26(39)19-38-28(23-10-5-6-12-25(23)33)37-32(30(38)41)13-7-4-8-14-32/h3,5-6,9,11,15-16,20H,4,7-8,10,12-14,17-19H2,1-2H3,(H,35,39)(H,34,36,40). The average Bonchev–Trinajstić information content (AvgIpc) is 3.55. The fourth-order valence-electron chi connectivity index (χ4n) is 7.10. The lowest BCUT2D eigenvalue weighted by Gasteiger charge is -2.29. The molecule has 1 aromatic heterocycles. The topological polar surface area (TPSA) is 104 Å². The number of halogens is 1. The molecule has 2 N–H and O–H groups in total. The zero-order valence-electron chi connectivity index (χ0n) is 23.6. The van der Waals surface area contributed by atoms with E-state index >= 15 is 0 Å². The fraction of sp³-hybridized carbons (Fsp3) is 0.469. The molecule has 0 bridgehead atoms. The normalized spacial score (nSPS) is 27.7. The van der Waals surface area contributed by atoms with Crippen LogP contribution in [-0.2, 0) is 19.8 Å². The molecule has 8 nitrogen and oxygen atoms in total. The van der Waals surface area contributed by atoms with Crippen molar-refractivity contribution in [3.63, 3.8) is 0 Å². The number of carbonyl (C=O) groups excluding carboxylic acids is 3. The first-order chi connectivity index (χ1) is 19.8.